The van der Waals surface area contributed by atoms with Crippen LogP contribution < -0.4 is 4.74 Å². The van der Waals surface area contributed by atoms with Crippen LogP contribution in [0.1, 0.15) is 24.2 Å². The van der Waals surface area contributed by atoms with E-state index in [9.17, 15) is 5.11 Å². The topological polar surface area (TPSA) is 42.6 Å². The molecule has 1 N–H and O–H groups in total. The fourth-order valence-electron chi connectivity index (χ4n) is 1.69. The molecule has 2 aromatic rings. The van der Waals surface area contributed by atoms with Crippen molar-refractivity contribution in [3.05, 3.63) is 50.3 Å². The van der Waals surface area contributed by atoms with Crippen LogP contribution in [0.25, 0.3) is 0 Å². The summed E-state index contributed by atoms with van der Waals surface area (Å²) in [7, 11) is 0. The van der Waals surface area contributed by atoms with E-state index in [1.54, 1.807) is 18.2 Å². The largest absolute Gasteiger partial charge is 0.492 e. The zero-order chi connectivity index (χ0) is 14.0. The Labute approximate surface area is 129 Å². The summed E-state index contributed by atoms with van der Waals surface area (Å²) in [4.78, 5) is 0. The van der Waals surface area contributed by atoms with Crippen molar-refractivity contribution in [3.63, 3.8) is 0 Å². The maximum absolute atomic E-state index is 10.3. The van der Waals surface area contributed by atoms with Gasteiger partial charge < -0.3 is 14.3 Å². The van der Waals surface area contributed by atoms with E-state index in [4.69, 9.17) is 32.4 Å². The second-order valence-electron chi connectivity index (χ2n) is 3.79. The lowest BCUT2D eigenvalue weighted by molar-refractivity contribution is 0.218. The van der Waals surface area contributed by atoms with Crippen LogP contribution >= 0.6 is 39.1 Å². The summed E-state index contributed by atoms with van der Waals surface area (Å²) in [5, 5.41) is 11.1. The number of hydrogen-bond donors (Lipinski definition) is 1. The molecule has 1 heterocycles. The Morgan fingerprint density at radius 1 is 1.32 bits per heavy atom. The predicted octanol–water partition coefficient (Wildman–Crippen LogP) is 4.83. The average molecular weight is 366 g/mol. The van der Waals surface area contributed by atoms with Crippen molar-refractivity contribution in [1.82, 2.24) is 0 Å². The minimum Gasteiger partial charge on any atom is -0.492 e. The molecule has 0 fully saturated rings. The number of aliphatic hydroxyl groups excluding tert-OH is 1. The summed E-state index contributed by atoms with van der Waals surface area (Å²) in [6, 6.07) is 4.86. The molecule has 0 radical (unpaired) electrons. The summed E-state index contributed by atoms with van der Waals surface area (Å²) in [6.45, 7) is 2.35. The Bertz CT molecular complexity index is 583. The zero-order valence-electron chi connectivity index (χ0n) is 9.99. The molecule has 1 unspecified atom stereocenters. The lowest BCUT2D eigenvalue weighted by Gasteiger charge is -2.14. The maximum Gasteiger partial charge on any atom is 0.175 e. The molecule has 3 nitrogen and oxygen atoms in total. The summed E-state index contributed by atoms with van der Waals surface area (Å²) in [5.41, 5.74) is 1.08. The second kappa shape index (κ2) is 6.18. The molecule has 1 aromatic heterocycles. The molecule has 2 rings (SSSR count). The molecule has 0 saturated heterocycles. The molecule has 0 bridgehead atoms. The van der Waals surface area contributed by atoms with Crippen LogP contribution in [0.2, 0.25) is 10.0 Å². The standard InChI is InChI=1S/C13H11BrCl2O3/c1-2-18-11-6-9(15)8(5-10(11)16)12(17)7-3-4-19-13(7)14/h3-6,12,17H,2H2,1H3. The van der Waals surface area contributed by atoms with E-state index >= 15 is 0 Å². The lowest BCUT2D eigenvalue weighted by atomic mass is 10.0. The molecule has 1 atom stereocenters. The van der Waals surface area contributed by atoms with Crippen LogP contribution in [0, 0.1) is 0 Å². The van der Waals surface area contributed by atoms with Gasteiger partial charge in [-0.15, -0.1) is 0 Å². The third-order valence-electron chi connectivity index (χ3n) is 2.59. The fourth-order valence-corrected chi connectivity index (χ4v) is 2.63. The molecule has 6 heteroatoms. The van der Waals surface area contributed by atoms with Crippen molar-refractivity contribution < 1.29 is 14.3 Å². The molecule has 0 aliphatic carbocycles. The van der Waals surface area contributed by atoms with Crippen LogP contribution in [0.5, 0.6) is 5.75 Å². The Kier molecular flexibility index (Phi) is 4.79. The van der Waals surface area contributed by atoms with Gasteiger partial charge >= 0.3 is 0 Å². The number of aliphatic hydroxyl groups is 1. The molecular formula is C13H11BrCl2O3. The molecule has 0 saturated carbocycles. The van der Waals surface area contributed by atoms with Gasteiger partial charge in [-0.3, -0.25) is 0 Å². The minimum atomic E-state index is -0.922. The highest BCUT2D eigenvalue weighted by Gasteiger charge is 2.20. The lowest BCUT2D eigenvalue weighted by Crippen LogP contribution is -2.01. The predicted molar refractivity (Wildman–Crippen MR) is 78.1 cm³/mol. The first-order chi connectivity index (χ1) is 9.04. The van der Waals surface area contributed by atoms with Gasteiger partial charge in [0.2, 0.25) is 0 Å². The van der Waals surface area contributed by atoms with Gasteiger partial charge in [-0.2, -0.15) is 0 Å². The van der Waals surface area contributed by atoms with Gasteiger partial charge in [0, 0.05) is 17.2 Å². The highest BCUT2D eigenvalue weighted by molar-refractivity contribution is 9.10. The van der Waals surface area contributed by atoms with E-state index in [1.165, 1.54) is 6.26 Å². The van der Waals surface area contributed by atoms with Crippen molar-refractivity contribution in [2.24, 2.45) is 0 Å². The molecule has 1 aromatic carbocycles. The van der Waals surface area contributed by atoms with Gasteiger partial charge in [-0.25, -0.2) is 0 Å². The van der Waals surface area contributed by atoms with Gasteiger partial charge in [0.1, 0.15) is 11.9 Å². The van der Waals surface area contributed by atoms with Crippen molar-refractivity contribution in [3.8, 4) is 5.75 Å². The van der Waals surface area contributed by atoms with Crippen LogP contribution in [0.15, 0.2) is 33.5 Å². The van der Waals surface area contributed by atoms with E-state index in [-0.39, 0.29) is 0 Å². The van der Waals surface area contributed by atoms with Gasteiger partial charge in [-0.05, 0) is 35.0 Å². The Balaban J connectivity index is 2.40. The molecule has 102 valence electrons. The maximum atomic E-state index is 10.3. The fraction of sp³-hybridized carbons (Fsp3) is 0.231. The molecule has 0 aliphatic heterocycles. The molecule has 0 spiro atoms. The number of furan rings is 1. The van der Waals surface area contributed by atoms with E-state index in [1.807, 2.05) is 6.92 Å². The third kappa shape index (κ3) is 3.08. The Hall–Kier alpha value is -0.680. The summed E-state index contributed by atoms with van der Waals surface area (Å²) in [6.07, 6.45) is 0.556. The SMILES string of the molecule is CCOc1cc(Cl)c(C(O)c2ccoc2Br)cc1Cl. The summed E-state index contributed by atoms with van der Waals surface area (Å²) < 4.78 is 10.9. The van der Waals surface area contributed by atoms with Gasteiger partial charge in [0.15, 0.2) is 4.67 Å². The number of halogens is 3. The summed E-state index contributed by atoms with van der Waals surface area (Å²) in [5.74, 6) is 0.497. The third-order valence-corrected chi connectivity index (χ3v) is 3.85. The number of rotatable bonds is 4. The van der Waals surface area contributed by atoms with Gasteiger partial charge in [0.05, 0.1) is 22.9 Å². The van der Waals surface area contributed by atoms with Crippen LogP contribution in [0.4, 0.5) is 0 Å². The number of benzene rings is 1. The van der Waals surface area contributed by atoms with Crippen molar-refractivity contribution in [1.29, 1.82) is 0 Å². The first kappa shape index (κ1) is 14.7. The Morgan fingerprint density at radius 3 is 2.63 bits per heavy atom. The van der Waals surface area contributed by atoms with Crippen molar-refractivity contribution >= 4 is 39.1 Å². The second-order valence-corrected chi connectivity index (χ2v) is 5.32. The van der Waals surface area contributed by atoms with Crippen LogP contribution in [-0.2, 0) is 0 Å². The number of hydrogen-bond acceptors (Lipinski definition) is 3. The number of ether oxygens (including phenoxy) is 1. The molecular weight excluding hydrogens is 355 g/mol. The van der Waals surface area contributed by atoms with Gasteiger partial charge in [-0.1, -0.05) is 23.2 Å². The van der Waals surface area contributed by atoms with Crippen molar-refractivity contribution in [2.75, 3.05) is 6.61 Å². The van der Waals surface area contributed by atoms with Gasteiger partial charge in [0.25, 0.3) is 0 Å². The Morgan fingerprint density at radius 2 is 2.05 bits per heavy atom. The molecule has 0 aliphatic rings. The van der Waals surface area contributed by atoms with E-state index in [2.05, 4.69) is 15.9 Å². The first-order valence-corrected chi connectivity index (χ1v) is 7.12. The van der Waals surface area contributed by atoms with Crippen LogP contribution in [0.3, 0.4) is 0 Å². The van der Waals surface area contributed by atoms with E-state index in [0.717, 1.165) is 0 Å². The van der Waals surface area contributed by atoms with Crippen LogP contribution in [-0.4, -0.2) is 11.7 Å². The molecule has 19 heavy (non-hydrogen) atoms. The average Bonchev–Trinajstić information content (AvgIpc) is 2.79. The summed E-state index contributed by atoms with van der Waals surface area (Å²) >= 11 is 15.5. The quantitative estimate of drug-likeness (QED) is 0.843. The first-order valence-electron chi connectivity index (χ1n) is 5.57. The monoisotopic (exact) mass is 364 g/mol. The van der Waals surface area contributed by atoms with Crippen molar-refractivity contribution in [2.45, 2.75) is 13.0 Å². The smallest absolute Gasteiger partial charge is 0.175 e. The molecule has 0 amide bonds. The van der Waals surface area contributed by atoms with E-state index < -0.39 is 6.10 Å². The van der Waals surface area contributed by atoms with E-state index in [0.29, 0.717) is 38.2 Å². The minimum absolute atomic E-state index is 0.383. The highest BCUT2D eigenvalue weighted by atomic mass is 79.9. The normalized spacial score (nSPS) is 12.5. The zero-order valence-corrected chi connectivity index (χ0v) is 13.1. The highest BCUT2D eigenvalue weighted by Crippen LogP contribution is 2.38.